The number of aromatic nitrogens is 1. The first-order chi connectivity index (χ1) is 10.1. The maximum Gasteiger partial charge on any atom is 0.145 e. The first kappa shape index (κ1) is 14.1. The highest BCUT2D eigenvalue weighted by Gasteiger charge is 2.11. The van der Waals surface area contributed by atoms with E-state index in [1.165, 1.54) is 12.1 Å². The Morgan fingerprint density at radius 3 is 2.76 bits per heavy atom. The van der Waals surface area contributed by atoms with Crippen LogP contribution in [0.1, 0.15) is 0 Å². The van der Waals surface area contributed by atoms with E-state index in [0.717, 1.165) is 10.8 Å². The fourth-order valence-electron chi connectivity index (χ4n) is 1.98. The van der Waals surface area contributed by atoms with Gasteiger partial charge in [-0.15, -0.1) is 0 Å². The molecule has 0 atom stereocenters. The Labute approximate surface area is 133 Å². The Bertz CT molecular complexity index is 841. The molecule has 0 amide bonds. The number of halogens is 3. The SMILES string of the molecule is Nc1ccc(Oc2cc(F)c(Cl)cc2Br)c2cnccc12. The summed E-state index contributed by atoms with van der Waals surface area (Å²) in [5.41, 5.74) is 6.55. The molecule has 3 rings (SSSR count). The zero-order valence-electron chi connectivity index (χ0n) is 10.6. The molecule has 0 aliphatic rings. The molecular formula is C15H9BrClFN2O. The monoisotopic (exact) mass is 366 g/mol. The van der Waals surface area contributed by atoms with Gasteiger partial charge in [0.05, 0.1) is 9.50 Å². The molecule has 6 heteroatoms. The summed E-state index contributed by atoms with van der Waals surface area (Å²) >= 11 is 9.02. The van der Waals surface area contributed by atoms with Crippen LogP contribution in [0, 0.1) is 5.82 Å². The van der Waals surface area contributed by atoms with Crippen LogP contribution in [0.15, 0.2) is 47.2 Å². The molecule has 21 heavy (non-hydrogen) atoms. The van der Waals surface area contributed by atoms with E-state index < -0.39 is 5.82 Å². The number of nitrogen functional groups attached to an aromatic ring is 1. The van der Waals surface area contributed by atoms with Crippen LogP contribution in [0.5, 0.6) is 11.5 Å². The van der Waals surface area contributed by atoms with Crippen molar-refractivity contribution in [2.45, 2.75) is 0 Å². The van der Waals surface area contributed by atoms with Gasteiger partial charge in [-0.25, -0.2) is 4.39 Å². The molecule has 0 radical (unpaired) electrons. The lowest BCUT2D eigenvalue weighted by molar-refractivity contribution is 0.479. The number of anilines is 1. The van der Waals surface area contributed by atoms with Gasteiger partial charge in [-0.05, 0) is 40.2 Å². The summed E-state index contributed by atoms with van der Waals surface area (Å²) in [4.78, 5) is 4.07. The lowest BCUT2D eigenvalue weighted by Gasteiger charge is -2.12. The van der Waals surface area contributed by atoms with Crippen molar-refractivity contribution in [2.24, 2.45) is 0 Å². The lowest BCUT2D eigenvalue weighted by atomic mass is 10.1. The minimum absolute atomic E-state index is 0.0260. The Kier molecular flexibility index (Phi) is 3.69. The number of nitrogens with zero attached hydrogens (tertiary/aromatic N) is 1. The van der Waals surface area contributed by atoms with E-state index >= 15 is 0 Å². The van der Waals surface area contributed by atoms with E-state index in [1.807, 2.05) is 0 Å². The molecule has 2 aromatic carbocycles. The molecule has 0 spiro atoms. The molecule has 3 aromatic rings. The number of ether oxygens (including phenoxy) is 1. The summed E-state index contributed by atoms with van der Waals surface area (Å²) in [6.45, 7) is 0. The average molecular weight is 368 g/mol. The Morgan fingerprint density at radius 2 is 1.95 bits per heavy atom. The first-order valence-electron chi connectivity index (χ1n) is 6.01. The summed E-state index contributed by atoms with van der Waals surface area (Å²) in [5.74, 6) is 0.314. The average Bonchev–Trinajstić information content (AvgIpc) is 2.48. The highest BCUT2D eigenvalue weighted by molar-refractivity contribution is 9.10. The van der Waals surface area contributed by atoms with Crippen molar-refractivity contribution in [3.63, 3.8) is 0 Å². The summed E-state index contributed by atoms with van der Waals surface area (Å²) in [6, 6.07) is 7.93. The van der Waals surface area contributed by atoms with E-state index in [0.29, 0.717) is 21.7 Å². The maximum atomic E-state index is 13.6. The van der Waals surface area contributed by atoms with Crippen LogP contribution in [-0.2, 0) is 0 Å². The smallest absolute Gasteiger partial charge is 0.145 e. The van der Waals surface area contributed by atoms with E-state index in [1.54, 1.807) is 30.6 Å². The van der Waals surface area contributed by atoms with E-state index in [-0.39, 0.29) is 5.02 Å². The molecule has 1 aromatic heterocycles. The van der Waals surface area contributed by atoms with Gasteiger partial charge in [-0.3, -0.25) is 4.98 Å². The van der Waals surface area contributed by atoms with Gasteiger partial charge in [0.2, 0.25) is 0 Å². The van der Waals surface area contributed by atoms with Crippen molar-refractivity contribution in [3.8, 4) is 11.5 Å². The molecule has 1 heterocycles. The van der Waals surface area contributed by atoms with Crippen molar-refractivity contribution in [1.82, 2.24) is 4.98 Å². The maximum absolute atomic E-state index is 13.6. The standard InChI is InChI=1S/C15H9BrClFN2O/c16-10-5-11(17)12(18)6-15(10)21-14-2-1-13(19)8-3-4-20-7-9(8)14/h1-7H,19H2. The zero-order valence-corrected chi connectivity index (χ0v) is 13.0. The fraction of sp³-hybridized carbons (Fsp3) is 0. The minimum Gasteiger partial charge on any atom is -0.455 e. The van der Waals surface area contributed by atoms with Crippen LogP contribution in [0.25, 0.3) is 10.8 Å². The third-order valence-electron chi connectivity index (χ3n) is 3.01. The van der Waals surface area contributed by atoms with Crippen molar-refractivity contribution >= 4 is 44.0 Å². The highest BCUT2D eigenvalue weighted by atomic mass is 79.9. The van der Waals surface area contributed by atoms with Gasteiger partial charge >= 0.3 is 0 Å². The molecule has 0 saturated heterocycles. The molecule has 0 unspecified atom stereocenters. The van der Waals surface area contributed by atoms with Gasteiger partial charge in [0.15, 0.2) is 0 Å². The van der Waals surface area contributed by atoms with Crippen LogP contribution in [0.3, 0.4) is 0 Å². The quantitative estimate of drug-likeness (QED) is 0.502. The van der Waals surface area contributed by atoms with Crippen molar-refractivity contribution in [1.29, 1.82) is 0 Å². The molecular weight excluding hydrogens is 359 g/mol. The first-order valence-corrected chi connectivity index (χ1v) is 7.18. The van der Waals surface area contributed by atoms with E-state index in [2.05, 4.69) is 20.9 Å². The van der Waals surface area contributed by atoms with Crippen molar-refractivity contribution < 1.29 is 9.13 Å². The number of hydrogen-bond donors (Lipinski definition) is 1. The van der Waals surface area contributed by atoms with Gasteiger partial charge in [-0.1, -0.05) is 11.6 Å². The predicted molar refractivity (Wildman–Crippen MR) is 85.3 cm³/mol. The fourth-order valence-corrected chi connectivity index (χ4v) is 2.70. The number of pyridine rings is 1. The lowest BCUT2D eigenvalue weighted by Crippen LogP contribution is -1.92. The van der Waals surface area contributed by atoms with Gasteiger partial charge < -0.3 is 10.5 Å². The molecule has 3 nitrogen and oxygen atoms in total. The molecule has 2 N–H and O–H groups in total. The summed E-state index contributed by atoms with van der Waals surface area (Å²) in [6.07, 6.45) is 3.31. The molecule has 0 aliphatic heterocycles. The zero-order chi connectivity index (χ0) is 15.0. The molecule has 0 bridgehead atoms. The van der Waals surface area contributed by atoms with E-state index in [4.69, 9.17) is 22.1 Å². The third kappa shape index (κ3) is 2.66. The molecule has 0 aliphatic carbocycles. The third-order valence-corrected chi connectivity index (χ3v) is 3.92. The summed E-state index contributed by atoms with van der Waals surface area (Å²) in [7, 11) is 0. The Morgan fingerprint density at radius 1 is 1.14 bits per heavy atom. The minimum atomic E-state index is -0.548. The Hall–Kier alpha value is -1.85. The second-order valence-corrected chi connectivity index (χ2v) is 5.63. The highest BCUT2D eigenvalue weighted by Crippen LogP contribution is 2.37. The number of benzene rings is 2. The number of rotatable bonds is 2. The molecule has 0 fully saturated rings. The number of hydrogen-bond acceptors (Lipinski definition) is 3. The number of nitrogens with two attached hydrogens (primary N) is 1. The van der Waals surface area contributed by atoms with Gasteiger partial charge in [0, 0.05) is 34.9 Å². The summed E-state index contributed by atoms with van der Waals surface area (Å²) in [5, 5.41) is 1.60. The van der Waals surface area contributed by atoms with Gasteiger partial charge in [0.25, 0.3) is 0 Å². The van der Waals surface area contributed by atoms with Gasteiger partial charge in [-0.2, -0.15) is 0 Å². The van der Waals surface area contributed by atoms with Gasteiger partial charge in [0.1, 0.15) is 17.3 Å². The van der Waals surface area contributed by atoms with Crippen LogP contribution in [0.2, 0.25) is 5.02 Å². The topological polar surface area (TPSA) is 48.1 Å². The van der Waals surface area contributed by atoms with Crippen LogP contribution >= 0.6 is 27.5 Å². The Balaban J connectivity index is 2.11. The normalized spacial score (nSPS) is 10.8. The summed E-state index contributed by atoms with van der Waals surface area (Å²) < 4.78 is 19.9. The number of fused-ring (bicyclic) bond motifs is 1. The van der Waals surface area contributed by atoms with E-state index in [9.17, 15) is 4.39 Å². The largest absolute Gasteiger partial charge is 0.455 e. The molecule has 0 saturated carbocycles. The van der Waals surface area contributed by atoms with Crippen molar-refractivity contribution in [3.05, 3.63) is 58.0 Å². The second kappa shape index (κ2) is 5.50. The van der Waals surface area contributed by atoms with Crippen LogP contribution in [0.4, 0.5) is 10.1 Å². The van der Waals surface area contributed by atoms with Crippen molar-refractivity contribution in [2.75, 3.05) is 5.73 Å². The van der Waals surface area contributed by atoms with Crippen LogP contribution in [-0.4, -0.2) is 4.98 Å². The van der Waals surface area contributed by atoms with Crippen LogP contribution < -0.4 is 10.5 Å². The predicted octanol–water partition coefficient (Wildman–Crippen LogP) is 5.16. The molecule has 106 valence electrons. The second-order valence-electron chi connectivity index (χ2n) is 4.37.